The van der Waals surface area contributed by atoms with Crippen LogP contribution in [0.5, 0.6) is 17.2 Å². The number of hydrogen-bond acceptors (Lipinski definition) is 5. The molecule has 0 unspecified atom stereocenters. The van der Waals surface area contributed by atoms with Gasteiger partial charge in [-0.05, 0) is 54.1 Å². The topological polar surface area (TPSA) is 69.2 Å². The molecule has 38 heavy (non-hydrogen) atoms. The smallest absolute Gasteiger partial charge is 0.221 e. The van der Waals surface area contributed by atoms with Gasteiger partial charge in [0, 0.05) is 41.4 Å². The number of hydrogen-bond donors (Lipinski definition) is 1. The van der Waals surface area contributed by atoms with Crippen LogP contribution in [-0.2, 0) is 4.79 Å². The Morgan fingerprint density at radius 3 is 2.29 bits per heavy atom. The Morgan fingerprint density at radius 1 is 0.868 bits per heavy atom. The Labute approximate surface area is 222 Å². The number of fused-ring (bicyclic) bond motifs is 1. The number of amides is 1. The summed E-state index contributed by atoms with van der Waals surface area (Å²) < 4.78 is 17.6. The summed E-state index contributed by atoms with van der Waals surface area (Å²) in [5.41, 5.74) is 5.42. The third kappa shape index (κ3) is 5.15. The van der Waals surface area contributed by atoms with Crippen molar-refractivity contribution in [2.75, 3.05) is 19.5 Å². The van der Waals surface area contributed by atoms with Crippen molar-refractivity contribution in [3.05, 3.63) is 119 Å². The van der Waals surface area contributed by atoms with Gasteiger partial charge in [0.15, 0.2) is 11.5 Å². The number of nitrogens with one attached hydrogen (secondary N) is 1. The van der Waals surface area contributed by atoms with E-state index >= 15 is 0 Å². The summed E-state index contributed by atoms with van der Waals surface area (Å²) in [5, 5.41) is 2.78. The van der Waals surface area contributed by atoms with Crippen molar-refractivity contribution in [3.8, 4) is 17.2 Å². The molecule has 1 amide bonds. The molecule has 0 saturated heterocycles. The van der Waals surface area contributed by atoms with Gasteiger partial charge in [-0.1, -0.05) is 48.5 Å². The van der Waals surface area contributed by atoms with Gasteiger partial charge in [0.05, 0.1) is 19.9 Å². The number of nitrogens with zero attached hydrogens (tertiary/aromatic N) is 1. The molecule has 6 heteroatoms. The molecule has 0 fully saturated rings. The fourth-order valence-corrected chi connectivity index (χ4v) is 4.60. The average molecular weight is 505 g/mol. The second-order valence-corrected chi connectivity index (χ2v) is 8.82. The average Bonchev–Trinajstić information content (AvgIpc) is 2.96. The van der Waals surface area contributed by atoms with E-state index in [-0.39, 0.29) is 11.8 Å². The molecule has 1 N–H and O–H groups in total. The van der Waals surface area contributed by atoms with Crippen molar-refractivity contribution in [1.29, 1.82) is 0 Å². The molecule has 0 saturated carbocycles. The summed E-state index contributed by atoms with van der Waals surface area (Å²) in [6.07, 6.45) is 1.87. The maximum atomic E-state index is 11.4. The molecule has 0 radical (unpaired) electrons. The van der Waals surface area contributed by atoms with Crippen molar-refractivity contribution < 1.29 is 19.0 Å². The summed E-state index contributed by atoms with van der Waals surface area (Å²) in [6, 6.07) is 31.6. The van der Waals surface area contributed by atoms with Crippen LogP contribution < -0.4 is 19.5 Å². The van der Waals surface area contributed by atoms with Gasteiger partial charge in [0.1, 0.15) is 11.5 Å². The maximum absolute atomic E-state index is 11.4. The lowest BCUT2D eigenvalue weighted by Crippen LogP contribution is -2.17. The van der Waals surface area contributed by atoms with Gasteiger partial charge in [0.2, 0.25) is 5.91 Å². The molecule has 1 heterocycles. The quantitative estimate of drug-likeness (QED) is 0.275. The molecule has 0 aliphatic carbocycles. The first-order chi connectivity index (χ1) is 18.6. The Morgan fingerprint density at radius 2 is 1.58 bits per heavy atom. The normalized spacial score (nSPS) is 14.6. The monoisotopic (exact) mass is 504 g/mol. The molecule has 0 bridgehead atoms. The van der Waals surface area contributed by atoms with Crippen LogP contribution in [-0.4, -0.2) is 26.3 Å². The number of rotatable bonds is 7. The summed E-state index contributed by atoms with van der Waals surface area (Å²) in [6.45, 7) is 1.48. The number of carbonyl (C=O) groups excluding carboxylic acids is 1. The van der Waals surface area contributed by atoms with E-state index in [1.165, 1.54) is 6.92 Å². The van der Waals surface area contributed by atoms with Crippen molar-refractivity contribution in [2.45, 2.75) is 12.8 Å². The van der Waals surface area contributed by atoms with Gasteiger partial charge in [-0.15, -0.1) is 0 Å². The maximum Gasteiger partial charge on any atom is 0.221 e. The minimum Gasteiger partial charge on any atom is -0.493 e. The van der Waals surface area contributed by atoms with E-state index in [1.54, 1.807) is 14.2 Å². The van der Waals surface area contributed by atoms with Crippen LogP contribution in [0.15, 0.2) is 108 Å². The molecule has 1 atom stereocenters. The van der Waals surface area contributed by atoms with E-state index < -0.39 is 0 Å². The highest BCUT2D eigenvalue weighted by atomic mass is 16.5. The molecule has 0 spiro atoms. The Hall–Kier alpha value is -4.84. The third-order valence-corrected chi connectivity index (χ3v) is 6.33. The number of anilines is 1. The first kappa shape index (κ1) is 24.8. The highest BCUT2D eigenvalue weighted by molar-refractivity contribution is 5.95. The second kappa shape index (κ2) is 11.0. The van der Waals surface area contributed by atoms with Crippen LogP contribution in [0.1, 0.15) is 29.5 Å². The van der Waals surface area contributed by atoms with Crippen molar-refractivity contribution in [1.82, 2.24) is 0 Å². The zero-order chi connectivity index (χ0) is 26.5. The SMILES string of the molecule is COc1ccc(C2=C(C=Nc3ccc(NC(C)=O)cc3)[C@@H](c3ccccc3)c3ccccc3O2)cc1OC. The fraction of sp³-hybridized carbons (Fsp3) is 0.125. The lowest BCUT2D eigenvalue weighted by atomic mass is 9.81. The predicted molar refractivity (Wildman–Crippen MR) is 151 cm³/mol. The van der Waals surface area contributed by atoms with Crippen LogP contribution in [0.3, 0.4) is 0 Å². The van der Waals surface area contributed by atoms with Gasteiger partial charge >= 0.3 is 0 Å². The van der Waals surface area contributed by atoms with Crippen molar-refractivity contribution in [3.63, 3.8) is 0 Å². The summed E-state index contributed by atoms with van der Waals surface area (Å²) in [7, 11) is 3.23. The summed E-state index contributed by atoms with van der Waals surface area (Å²) in [5.74, 6) is 2.52. The molecule has 4 aromatic rings. The molecule has 4 aromatic carbocycles. The molecule has 5 rings (SSSR count). The van der Waals surface area contributed by atoms with Crippen LogP contribution in [0, 0.1) is 0 Å². The van der Waals surface area contributed by atoms with Gasteiger partial charge in [0.25, 0.3) is 0 Å². The zero-order valence-electron chi connectivity index (χ0n) is 21.5. The van der Waals surface area contributed by atoms with E-state index in [2.05, 4.69) is 23.5 Å². The Kier molecular flexibility index (Phi) is 7.22. The van der Waals surface area contributed by atoms with Crippen LogP contribution >= 0.6 is 0 Å². The van der Waals surface area contributed by atoms with Crippen LogP contribution in [0.4, 0.5) is 11.4 Å². The Bertz CT molecular complexity index is 1510. The third-order valence-electron chi connectivity index (χ3n) is 6.33. The molecule has 190 valence electrons. The van der Waals surface area contributed by atoms with Gasteiger partial charge in [-0.3, -0.25) is 9.79 Å². The molecule has 6 nitrogen and oxygen atoms in total. The second-order valence-electron chi connectivity index (χ2n) is 8.82. The lowest BCUT2D eigenvalue weighted by Gasteiger charge is -2.30. The first-order valence-electron chi connectivity index (χ1n) is 12.3. The van der Waals surface area contributed by atoms with Gasteiger partial charge in [-0.25, -0.2) is 0 Å². The lowest BCUT2D eigenvalue weighted by molar-refractivity contribution is -0.114. The van der Waals surface area contributed by atoms with Gasteiger partial charge in [-0.2, -0.15) is 0 Å². The molecular formula is C32H28N2O4. The van der Waals surface area contributed by atoms with E-state index in [1.807, 2.05) is 85.1 Å². The highest BCUT2D eigenvalue weighted by Crippen LogP contribution is 2.46. The number of benzene rings is 4. The minimum absolute atomic E-state index is 0.105. The summed E-state index contributed by atoms with van der Waals surface area (Å²) >= 11 is 0. The molecular weight excluding hydrogens is 476 g/mol. The van der Waals surface area contributed by atoms with Crippen LogP contribution in [0.25, 0.3) is 5.76 Å². The number of ether oxygens (including phenoxy) is 3. The van der Waals surface area contributed by atoms with Crippen molar-refractivity contribution in [2.24, 2.45) is 4.99 Å². The van der Waals surface area contributed by atoms with Crippen molar-refractivity contribution >= 4 is 29.3 Å². The minimum atomic E-state index is -0.116. The number of carbonyl (C=O) groups is 1. The molecule has 1 aliphatic heterocycles. The van der Waals surface area contributed by atoms with Gasteiger partial charge < -0.3 is 19.5 Å². The van der Waals surface area contributed by atoms with E-state index in [0.717, 1.165) is 39.4 Å². The summed E-state index contributed by atoms with van der Waals surface area (Å²) in [4.78, 5) is 16.2. The van der Waals surface area contributed by atoms with E-state index in [0.29, 0.717) is 17.3 Å². The van der Waals surface area contributed by atoms with E-state index in [4.69, 9.17) is 19.2 Å². The fourth-order valence-electron chi connectivity index (χ4n) is 4.60. The standard InChI is InChI=1S/C32H28N2O4/c1-21(35)34-25-16-14-24(15-17-25)33-20-27-31(22-9-5-4-6-10-22)26-11-7-8-12-28(26)38-32(27)23-13-18-29(36-2)30(19-23)37-3/h4-20,31H,1-3H3,(H,34,35)/t31-/m0/s1. The molecule has 0 aromatic heterocycles. The molecule has 1 aliphatic rings. The zero-order valence-corrected chi connectivity index (χ0v) is 21.5. The number of methoxy groups -OCH3 is 2. The first-order valence-corrected chi connectivity index (χ1v) is 12.3. The number of para-hydroxylation sites is 1. The number of allylic oxidation sites excluding steroid dienone is 1. The predicted octanol–water partition coefficient (Wildman–Crippen LogP) is 7.00. The van der Waals surface area contributed by atoms with Crippen LogP contribution in [0.2, 0.25) is 0 Å². The highest BCUT2D eigenvalue weighted by Gasteiger charge is 2.31. The van der Waals surface area contributed by atoms with E-state index in [9.17, 15) is 4.79 Å². The number of aliphatic imine (C=N–C) groups is 1. The largest absolute Gasteiger partial charge is 0.493 e. The Balaban J connectivity index is 1.67.